The van der Waals surface area contributed by atoms with Crippen molar-refractivity contribution in [1.82, 2.24) is 39.5 Å². The van der Waals surface area contributed by atoms with Crippen molar-refractivity contribution in [3.8, 4) is 12.1 Å². The smallest absolute Gasteiger partial charge is 0.222 e. The van der Waals surface area contributed by atoms with Gasteiger partial charge in [-0.3, -0.25) is 0 Å². The number of nitrogens with one attached hydrogen (secondary N) is 2. The number of benzene rings is 2. The second-order valence-corrected chi connectivity index (χ2v) is 12.9. The van der Waals surface area contributed by atoms with Crippen molar-refractivity contribution in [1.29, 1.82) is 10.5 Å². The molecule has 2 N–H and O–H groups in total. The molecule has 12 nitrogen and oxygen atoms in total. The number of rotatable bonds is 12. The number of anilines is 2. The molecule has 5 aromatic heterocycles. The van der Waals surface area contributed by atoms with Crippen LogP contribution in [-0.2, 0) is 6.54 Å². The molecule has 49 heavy (non-hydrogen) atoms. The molecule has 0 amide bonds. The summed E-state index contributed by atoms with van der Waals surface area (Å²) < 4.78 is 4.17. The van der Waals surface area contributed by atoms with Gasteiger partial charge in [0.15, 0.2) is 0 Å². The first-order valence-electron chi connectivity index (χ1n) is 15.7. The molecule has 2 unspecified atom stereocenters. The maximum absolute atomic E-state index is 9.70. The Bertz CT molecular complexity index is 2130. The molecule has 0 aliphatic heterocycles. The summed E-state index contributed by atoms with van der Waals surface area (Å²) in [6.07, 6.45) is 10.8. The number of aryl methyl sites for hydroxylation is 1. The Hall–Kier alpha value is -5.83. The van der Waals surface area contributed by atoms with Crippen molar-refractivity contribution >= 4 is 55.0 Å². The summed E-state index contributed by atoms with van der Waals surface area (Å²) in [5.41, 5.74) is 3.16. The molecule has 14 heteroatoms. The van der Waals surface area contributed by atoms with Gasteiger partial charge in [0.2, 0.25) is 11.9 Å². The number of fused-ring (bicyclic) bond motifs is 2. The van der Waals surface area contributed by atoms with Gasteiger partial charge in [-0.1, -0.05) is 31.2 Å². The van der Waals surface area contributed by atoms with Crippen LogP contribution in [0.15, 0.2) is 91.8 Å². The monoisotopic (exact) mass is 684 g/mol. The van der Waals surface area contributed by atoms with Gasteiger partial charge in [-0.2, -0.15) is 10.5 Å². The van der Waals surface area contributed by atoms with Crippen molar-refractivity contribution in [2.75, 3.05) is 23.7 Å². The second-order valence-electron chi connectivity index (χ2n) is 10.8. The van der Waals surface area contributed by atoms with E-state index in [0.717, 1.165) is 62.9 Å². The number of hydrogen-bond donors (Lipinski definition) is 2. The van der Waals surface area contributed by atoms with Gasteiger partial charge in [-0.05, 0) is 49.2 Å². The highest BCUT2D eigenvalue weighted by Crippen LogP contribution is 2.32. The van der Waals surface area contributed by atoms with Crippen LogP contribution in [0.3, 0.4) is 0 Å². The van der Waals surface area contributed by atoms with Crippen LogP contribution in [0.5, 0.6) is 0 Å². The van der Waals surface area contributed by atoms with Crippen LogP contribution in [0.1, 0.15) is 53.0 Å². The number of aromatic nitrogens is 8. The molecular weight excluding hydrogens is 653 g/mol. The quantitative estimate of drug-likeness (QED) is 0.127. The number of para-hydroxylation sites is 2. The van der Waals surface area contributed by atoms with Crippen LogP contribution < -0.4 is 10.6 Å². The first kappa shape index (κ1) is 33.1. The highest BCUT2D eigenvalue weighted by Gasteiger charge is 2.21. The Morgan fingerprint density at radius 2 is 1.27 bits per heavy atom. The molecule has 0 spiro atoms. The molecule has 0 aliphatic rings. The Balaban J connectivity index is 0.000000174. The Morgan fingerprint density at radius 3 is 1.76 bits per heavy atom. The van der Waals surface area contributed by atoms with Gasteiger partial charge < -0.3 is 15.2 Å². The number of nitrogens with zero attached hydrogens (tertiary/aromatic N) is 10. The molecule has 7 aromatic rings. The molecule has 0 fully saturated rings. The summed E-state index contributed by atoms with van der Waals surface area (Å²) in [7, 11) is 0. The Morgan fingerprint density at radius 1 is 0.714 bits per heavy atom. The maximum Gasteiger partial charge on any atom is 0.222 e. The lowest BCUT2D eigenvalue weighted by Crippen LogP contribution is -2.10. The fourth-order valence-corrected chi connectivity index (χ4v) is 6.93. The van der Waals surface area contributed by atoms with E-state index in [4.69, 9.17) is 0 Å². The third kappa shape index (κ3) is 8.37. The molecule has 0 saturated heterocycles. The van der Waals surface area contributed by atoms with Gasteiger partial charge >= 0.3 is 0 Å². The second kappa shape index (κ2) is 16.3. The summed E-state index contributed by atoms with van der Waals surface area (Å²) >= 11 is 3.06. The molecule has 244 valence electrons. The molecule has 0 radical (unpaired) electrons. The summed E-state index contributed by atoms with van der Waals surface area (Å²) in [6.45, 7) is 4.50. The molecule has 7 rings (SSSR count). The van der Waals surface area contributed by atoms with E-state index < -0.39 is 11.8 Å². The summed E-state index contributed by atoms with van der Waals surface area (Å²) in [5, 5.41) is 27.1. The zero-order valence-electron chi connectivity index (χ0n) is 26.6. The number of imidazole rings is 1. The van der Waals surface area contributed by atoms with Crippen LogP contribution in [-0.4, -0.2) is 52.5 Å². The summed E-state index contributed by atoms with van der Waals surface area (Å²) in [6, 6.07) is 24.0. The van der Waals surface area contributed by atoms with Crippen molar-refractivity contribution in [3.05, 3.63) is 113 Å². The minimum atomic E-state index is -0.503. The number of nitriles is 2. The lowest BCUT2D eigenvalue weighted by molar-refractivity contribution is 0.659. The van der Waals surface area contributed by atoms with Crippen molar-refractivity contribution in [3.63, 3.8) is 0 Å². The largest absolute Gasteiger partial charge is 0.354 e. The van der Waals surface area contributed by atoms with Crippen molar-refractivity contribution in [2.45, 2.75) is 38.1 Å². The van der Waals surface area contributed by atoms with E-state index in [1.165, 1.54) is 22.7 Å². The molecule has 2 aromatic carbocycles. The SMILES string of the molecule is CCCNc1nccc(C(C#N)c2nc3ccccc3s2)n1.N#CC(c1ccnc(NCCCn2ccnc2)n1)c1nc2ccccc2s1. The normalized spacial score (nSPS) is 12.0. The van der Waals surface area contributed by atoms with E-state index >= 15 is 0 Å². The van der Waals surface area contributed by atoms with E-state index in [1.54, 1.807) is 37.1 Å². The Kier molecular flexibility index (Phi) is 11.0. The maximum atomic E-state index is 9.70. The molecule has 2 atom stereocenters. The minimum Gasteiger partial charge on any atom is -0.354 e. The molecule has 0 aliphatic carbocycles. The lowest BCUT2D eigenvalue weighted by atomic mass is 10.1. The number of thiazole rings is 2. The summed E-state index contributed by atoms with van der Waals surface area (Å²) in [4.78, 5) is 30.6. The zero-order chi connectivity index (χ0) is 33.8. The fourth-order valence-electron chi connectivity index (χ4n) is 4.88. The van der Waals surface area contributed by atoms with E-state index in [0.29, 0.717) is 23.3 Å². The van der Waals surface area contributed by atoms with Crippen LogP contribution in [0.4, 0.5) is 11.9 Å². The fraction of sp³-hybridized carbons (Fsp3) is 0.229. The molecule has 0 saturated carbocycles. The third-order valence-corrected chi connectivity index (χ3v) is 9.49. The van der Waals surface area contributed by atoms with Gasteiger partial charge in [0.1, 0.15) is 21.9 Å². The van der Waals surface area contributed by atoms with E-state index in [2.05, 4.69) is 64.6 Å². The predicted octanol–water partition coefficient (Wildman–Crippen LogP) is 7.00. The minimum absolute atomic E-state index is 0.470. The molecular formula is C35H32N12S2. The topological polar surface area (TPSA) is 167 Å². The predicted molar refractivity (Wildman–Crippen MR) is 192 cm³/mol. The van der Waals surface area contributed by atoms with Gasteiger partial charge in [-0.25, -0.2) is 34.9 Å². The first-order valence-corrected chi connectivity index (χ1v) is 17.4. The van der Waals surface area contributed by atoms with Gasteiger partial charge in [0.25, 0.3) is 0 Å². The van der Waals surface area contributed by atoms with Crippen LogP contribution >= 0.6 is 22.7 Å². The average Bonchev–Trinajstić information content (AvgIpc) is 3.91. The first-order chi connectivity index (χ1) is 24.1. The van der Waals surface area contributed by atoms with Gasteiger partial charge in [0.05, 0.1) is 50.3 Å². The van der Waals surface area contributed by atoms with E-state index in [1.807, 2.05) is 59.3 Å². The Labute approximate surface area is 291 Å². The number of hydrogen-bond acceptors (Lipinski definition) is 13. The lowest BCUT2D eigenvalue weighted by Gasteiger charge is -2.09. The van der Waals surface area contributed by atoms with Crippen molar-refractivity contribution < 1.29 is 0 Å². The highest BCUT2D eigenvalue weighted by atomic mass is 32.1. The molecule has 0 bridgehead atoms. The highest BCUT2D eigenvalue weighted by molar-refractivity contribution is 7.19. The van der Waals surface area contributed by atoms with E-state index in [-0.39, 0.29) is 0 Å². The van der Waals surface area contributed by atoms with Gasteiger partial charge in [0, 0.05) is 44.4 Å². The van der Waals surface area contributed by atoms with Gasteiger partial charge in [-0.15, -0.1) is 22.7 Å². The van der Waals surface area contributed by atoms with Crippen LogP contribution in [0, 0.1) is 22.7 Å². The van der Waals surface area contributed by atoms with E-state index in [9.17, 15) is 10.5 Å². The van der Waals surface area contributed by atoms with Crippen molar-refractivity contribution in [2.24, 2.45) is 0 Å². The third-order valence-electron chi connectivity index (χ3n) is 7.29. The van der Waals surface area contributed by atoms with Crippen LogP contribution in [0.25, 0.3) is 20.4 Å². The average molecular weight is 685 g/mol. The van der Waals surface area contributed by atoms with Crippen LogP contribution in [0.2, 0.25) is 0 Å². The standard InChI is InChI=1S/C19H17N7S.C16H15N5S/c20-12-14(18-24-16-4-1-2-5-17(16)27-18)15-6-8-23-19(25-15)22-7-3-10-26-11-9-21-13-26;1-2-8-18-16-19-9-7-12(21-16)11(10-17)15-20-13-5-3-4-6-14(13)22-15/h1-2,4-6,8-9,11,13-14H,3,7,10H2,(H,22,23,25);3-7,9,11H,2,8H2,1H3,(H,18,19,21). The zero-order valence-corrected chi connectivity index (χ0v) is 28.3. The molecule has 5 heterocycles. The summed E-state index contributed by atoms with van der Waals surface area (Å²) in [5.74, 6) is 0.111.